The lowest BCUT2D eigenvalue weighted by atomic mass is 9.77. The Morgan fingerprint density at radius 1 is 0.457 bits per heavy atom. The maximum atomic E-state index is 13.6. The number of primary amides is 2. The number of hydrogen-bond acceptors (Lipinski definition) is 18. The highest BCUT2D eigenvalue weighted by molar-refractivity contribution is 5.88. The first-order chi connectivity index (χ1) is 49.3. The van der Waals surface area contributed by atoms with Crippen LogP contribution in [0.3, 0.4) is 0 Å². The first kappa shape index (κ1) is 89.3. The molecule has 0 aliphatic rings. The minimum Gasteiger partial charge on any atom is -0.453 e. The standard InChI is InChI=1S/C34H43N3O5.C31H39N3O3.2C8H16N2O3/c1-6-41-33(40)42-31(23-35-22-26-15-17-27(18-16-26)29-14-10-11-19-36-29)30(21-25-12-8-7-9-13-25)37-32(39)28(20-24(2)38)34(3,4)5;1-22(35)18-26(31(2,3)4)30(37)34-28(19-23-10-6-5-7-11-23)29(36)21-32-20-24-13-15-25(16-14-24)27-12-8-9-17-33-27;2*1-8(2,3)5(6(9)11)10-7(12)13-4/h7-19,28,30-31,35H,6,20-23H2,1-5H3,(H,37,39);5-17,26,28-29,32,36H,18-21H2,1-4H3,(H,34,37);2*5H,1-4H3,(H2,9,11)(H,10,12)/t28-,30?,31-;26-,28?,29-;2*5-/m0000/s1. The van der Waals surface area contributed by atoms with Crippen LogP contribution in [0.1, 0.15) is 139 Å². The second-order valence-corrected chi connectivity index (χ2v) is 29.9. The Labute approximate surface area is 620 Å². The summed E-state index contributed by atoms with van der Waals surface area (Å²) in [6, 6.07) is 44.9. The van der Waals surface area contributed by atoms with E-state index in [1.807, 2.05) is 187 Å². The van der Waals surface area contributed by atoms with Crippen LogP contribution in [0.4, 0.5) is 14.4 Å². The van der Waals surface area contributed by atoms with E-state index >= 15 is 0 Å². The van der Waals surface area contributed by atoms with Gasteiger partial charge in [0.05, 0.1) is 50.4 Å². The number of rotatable bonds is 30. The van der Waals surface area contributed by atoms with Crippen molar-refractivity contribution in [3.05, 3.63) is 180 Å². The van der Waals surface area contributed by atoms with E-state index in [0.29, 0.717) is 32.5 Å². The molecule has 0 spiro atoms. The number of aromatic nitrogens is 2. The van der Waals surface area contributed by atoms with E-state index in [2.05, 4.69) is 51.3 Å². The fraction of sp³-hybridized carbons (Fsp3) is 0.469. The number of ether oxygens (including phenoxy) is 4. The van der Waals surface area contributed by atoms with Gasteiger partial charge in [-0.05, 0) is 102 Å². The molecule has 2 unspecified atom stereocenters. The van der Waals surface area contributed by atoms with Gasteiger partial charge in [0.1, 0.15) is 29.8 Å². The van der Waals surface area contributed by atoms with E-state index in [9.17, 15) is 48.3 Å². The van der Waals surface area contributed by atoms with Crippen LogP contribution >= 0.6 is 0 Å². The van der Waals surface area contributed by atoms with E-state index in [0.717, 1.165) is 44.8 Å². The number of aliphatic hydroxyl groups is 1. The second-order valence-electron chi connectivity index (χ2n) is 29.9. The number of Topliss-reactive ketones (excluding diaryl/α,β-unsaturated/α-hetero) is 2. The van der Waals surface area contributed by atoms with Crippen molar-refractivity contribution in [2.24, 2.45) is 45.0 Å². The molecule has 4 aromatic carbocycles. The quantitative estimate of drug-likeness (QED) is 0.0149. The van der Waals surface area contributed by atoms with Gasteiger partial charge in [-0.2, -0.15) is 0 Å². The van der Waals surface area contributed by atoms with Crippen LogP contribution in [0.2, 0.25) is 0 Å². The largest absolute Gasteiger partial charge is 0.508 e. The third-order valence-electron chi connectivity index (χ3n) is 16.8. The Morgan fingerprint density at radius 3 is 1.14 bits per heavy atom. The Balaban J connectivity index is 0.000000410. The number of carbonyl (C=O) groups excluding carboxylic acids is 9. The third-order valence-corrected chi connectivity index (χ3v) is 16.8. The summed E-state index contributed by atoms with van der Waals surface area (Å²) in [5.74, 6) is -2.68. The number of amides is 6. The molecule has 0 aliphatic carbocycles. The maximum absolute atomic E-state index is 13.6. The van der Waals surface area contributed by atoms with Crippen molar-refractivity contribution in [1.29, 1.82) is 0 Å². The molecule has 0 saturated heterocycles. The molecule has 0 aliphatic heterocycles. The Bertz CT molecular complexity index is 3590. The second kappa shape index (κ2) is 44.0. The number of nitrogens with one attached hydrogen (secondary N) is 6. The van der Waals surface area contributed by atoms with Gasteiger partial charge in [0.25, 0.3) is 0 Å². The van der Waals surface area contributed by atoms with E-state index in [1.54, 1.807) is 60.9 Å². The monoisotopic (exact) mass is 1450 g/mol. The summed E-state index contributed by atoms with van der Waals surface area (Å²) in [5.41, 5.74) is 16.6. The molecule has 6 rings (SSSR count). The lowest BCUT2D eigenvalue weighted by molar-refractivity contribution is -0.133. The van der Waals surface area contributed by atoms with Crippen LogP contribution in [0.15, 0.2) is 158 Å². The molecule has 0 fully saturated rings. The van der Waals surface area contributed by atoms with Gasteiger partial charge < -0.3 is 77.0 Å². The van der Waals surface area contributed by atoms with Crippen molar-refractivity contribution in [3.8, 4) is 22.5 Å². The van der Waals surface area contributed by atoms with Crippen LogP contribution in [-0.4, -0.2) is 139 Å². The summed E-state index contributed by atoms with van der Waals surface area (Å²) in [4.78, 5) is 116. The smallest absolute Gasteiger partial charge is 0.453 e. The van der Waals surface area contributed by atoms with Gasteiger partial charge >= 0.3 is 18.3 Å². The summed E-state index contributed by atoms with van der Waals surface area (Å²) < 4.78 is 19.6. The topological polar surface area (TPSA) is 361 Å². The molecule has 11 N–H and O–H groups in total. The molecule has 0 saturated carbocycles. The number of methoxy groups -OCH3 is 2. The van der Waals surface area contributed by atoms with Crippen LogP contribution in [0, 0.1) is 33.5 Å². The molecule has 8 atom stereocenters. The van der Waals surface area contributed by atoms with Crippen molar-refractivity contribution < 1.29 is 67.2 Å². The molecular weight excluding hydrogens is 1340 g/mol. The summed E-state index contributed by atoms with van der Waals surface area (Å²) >= 11 is 0. The molecule has 0 radical (unpaired) electrons. The van der Waals surface area contributed by atoms with Gasteiger partial charge in [0.15, 0.2) is 0 Å². The molecule has 572 valence electrons. The van der Waals surface area contributed by atoms with Crippen LogP contribution in [0.25, 0.3) is 22.5 Å². The summed E-state index contributed by atoms with van der Waals surface area (Å²) in [5, 5.41) is 28.7. The highest BCUT2D eigenvalue weighted by atomic mass is 16.7. The molecular formula is C81H114N10O14. The SMILES string of the molecule is CC(=O)C[C@@H](C(=O)NC(Cc1ccccc1)[C@@H](O)CNCc1ccc(-c2ccccn2)cc1)C(C)(C)C.CCOC(=O)O[C@@H](CNCc1ccc(-c2ccccn2)cc1)C(Cc1ccccc1)NC(=O)[C@H](CC(C)=O)C(C)(C)C.COC(=O)N[C@@H](C(N)=O)C(C)(C)C.COC(=O)N[C@@H](C(N)=O)C(C)(C)C. The predicted molar refractivity (Wildman–Crippen MR) is 407 cm³/mol. The van der Waals surface area contributed by atoms with Crippen molar-refractivity contribution in [3.63, 3.8) is 0 Å². The molecule has 105 heavy (non-hydrogen) atoms. The van der Waals surface area contributed by atoms with Gasteiger partial charge in [0, 0.05) is 74.4 Å². The minimum atomic E-state index is -0.810. The third kappa shape index (κ3) is 34.0. The highest BCUT2D eigenvalue weighted by Crippen LogP contribution is 2.32. The Kier molecular flexibility index (Phi) is 37.4. The number of pyridine rings is 2. The number of alkyl carbamates (subject to hydrolysis) is 2. The molecule has 2 heterocycles. The number of carbonyl (C=O) groups is 9. The molecule has 0 bridgehead atoms. The zero-order valence-corrected chi connectivity index (χ0v) is 64.3. The van der Waals surface area contributed by atoms with Crippen LogP contribution in [-0.2, 0) is 73.6 Å². The Hall–Kier alpha value is -9.91. The van der Waals surface area contributed by atoms with Crippen molar-refractivity contribution in [2.75, 3.05) is 33.9 Å². The molecule has 2 aromatic heterocycles. The number of aliphatic hydroxyl groups excluding tert-OH is 1. The van der Waals surface area contributed by atoms with Gasteiger partial charge in [-0.25, -0.2) is 14.4 Å². The average Bonchev–Trinajstić information content (AvgIpc) is 0.866. The number of hydrogen-bond donors (Lipinski definition) is 9. The summed E-state index contributed by atoms with van der Waals surface area (Å²) in [6.45, 7) is 29.1. The number of nitrogens with zero attached hydrogens (tertiary/aromatic N) is 2. The van der Waals surface area contributed by atoms with Gasteiger partial charge in [-0.3, -0.25) is 29.1 Å². The zero-order chi connectivity index (χ0) is 78.7. The normalized spacial score (nSPS) is 13.6. The van der Waals surface area contributed by atoms with Crippen molar-refractivity contribution >= 4 is 53.5 Å². The molecule has 6 aromatic rings. The highest BCUT2D eigenvalue weighted by Gasteiger charge is 2.38. The number of benzene rings is 4. The van der Waals surface area contributed by atoms with E-state index in [-0.39, 0.29) is 54.8 Å². The zero-order valence-electron chi connectivity index (χ0n) is 64.3. The lowest BCUT2D eigenvalue weighted by Gasteiger charge is -2.33. The first-order valence-electron chi connectivity index (χ1n) is 35.2. The summed E-state index contributed by atoms with van der Waals surface area (Å²) in [6.07, 6.45) is 1.11. The van der Waals surface area contributed by atoms with Gasteiger partial charge in [-0.1, -0.05) is 204 Å². The average molecular weight is 1450 g/mol. The molecule has 24 heteroatoms. The maximum Gasteiger partial charge on any atom is 0.508 e. The van der Waals surface area contributed by atoms with Gasteiger partial charge in [0.2, 0.25) is 23.6 Å². The lowest BCUT2D eigenvalue weighted by Crippen LogP contribution is -2.53. The van der Waals surface area contributed by atoms with Crippen molar-refractivity contribution in [1.82, 2.24) is 41.9 Å². The van der Waals surface area contributed by atoms with Crippen molar-refractivity contribution in [2.45, 2.75) is 179 Å². The van der Waals surface area contributed by atoms with Crippen LogP contribution in [0.5, 0.6) is 0 Å². The van der Waals surface area contributed by atoms with E-state index in [1.165, 1.54) is 28.1 Å². The van der Waals surface area contributed by atoms with E-state index in [4.69, 9.17) is 20.9 Å². The summed E-state index contributed by atoms with van der Waals surface area (Å²) in [7, 11) is 2.46. The number of ketones is 2. The first-order valence-corrected chi connectivity index (χ1v) is 35.2. The molecule has 6 amide bonds. The van der Waals surface area contributed by atoms with Crippen LogP contribution < -0.4 is 43.4 Å². The number of nitrogens with two attached hydrogens (primary N) is 2. The fourth-order valence-electron chi connectivity index (χ4n) is 10.9. The fourth-order valence-corrected chi connectivity index (χ4v) is 10.9. The predicted octanol–water partition coefficient (Wildman–Crippen LogP) is 10.8. The van der Waals surface area contributed by atoms with Gasteiger partial charge in [-0.15, -0.1) is 0 Å². The molecule has 24 nitrogen and oxygen atoms in total. The van der Waals surface area contributed by atoms with E-state index < -0.39 is 94.6 Å². The Morgan fingerprint density at radius 2 is 0.819 bits per heavy atom. The minimum absolute atomic E-state index is 0.0223.